The van der Waals surface area contributed by atoms with E-state index in [1.165, 1.54) is 12.1 Å². The Kier molecular flexibility index (Phi) is 8.46. The van der Waals surface area contributed by atoms with E-state index >= 15 is 0 Å². The highest BCUT2D eigenvalue weighted by Gasteiger charge is 2.31. The van der Waals surface area contributed by atoms with Gasteiger partial charge in [-0.15, -0.1) is 0 Å². The Morgan fingerprint density at radius 3 is 2.56 bits per heavy atom. The lowest BCUT2D eigenvalue weighted by molar-refractivity contribution is -0.136. The summed E-state index contributed by atoms with van der Waals surface area (Å²) < 4.78 is 21.3. The van der Waals surface area contributed by atoms with Gasteiger partial charge < -0.3 is 14.5 Å². The topological polar surface area (TPSA) is 49.9 Å². The smallest absolute Gasteiger partial charge is 0.253 e. The molecule has 4 rings (SSSR count). The van der Waals surface area contributed by atoms with Crippen LogP contribution in [0.3, 0.4) is 0 Å². The van der Waals surface area contributed by atoms with Crippen molar-refractivity contribution in [1.29, 1.82) is 0 Å². The fourth-order valence-electron chi connectivity index (χ4n) is 4.31. The number of carbonyl (C=O) groups is 2. The number of likely N-dealkylation sites (tertiary alicyclic amines) is 1. The quantitative estimate of drug-likeness (QED) is 0.300. The number of amides is 2. The maximum absolute atomic E-state index is 13.9. The zero-order valence-corrected chi connectivity index (χ0v) is 23.3. The van der Waals surface area contributed by atoms with Crippen LogP contribution in [0, 0.1) is 18.7 Å². The molecule has 0 N–H and O–H groups in total. The Balaban J connectivity index is 1.44. The van der Waals surface area contributed by atoms with Gasteiger partial charge in [-0.25, -0.2) is 4.39 Å². The first-order chi connectivity index (χ1) is 17.2. The molecule has 0 radical (unpaired) electrons. The molecule has 0 aliphatic carbocycles. The molecule has 3 aromatic carbocycles. The zero-order valence-electron chi connectivity index (χ0n) is 20.1. The molecule has 3 aromatic rings. The number of ether oxygens (including phenoxy) is 1. The van der Waals surface area contributed by atoms with Gasteiger partial charge in [0.2, 0.25) is 5.91 Å². The average molecular weight is 618 g/mol. The Labute approximate surface area is 227 Å². The van der Waals surface area contributed by atoms with Crippen LogP contribution in [0.1, 0.15) is 34.3 Å². The predicted molar refractivity (Wildman–Crippen MR) is 145 cm³/mol. The molecule has 5 nitrogen and oxygen atoms in total. The van der Waals surface area contributed by atoms with Crippen molar-refractivity contribution in [3.8, 4) is 11.5 Å². The Morgan fingerprint density at radius 1 is 1.08 bits per heavy atom. The van der Waals surface area contributed by atoms with Crippen molar-refractivity contribution in [3.63, 3.8) is 0 Å². The standard InChI is InChI=1S/C28H27Br2FN2O3/c1-18-5-10-23(11-6-18)36-26-15-22(29)9-7-20(26)16-32(2)27(34)21-4-3-13-33(17-21)28(35)19-8-12-24(30)25(31)14-19/h5-12,14-15,21H,3-4,13,16-17H2,1-2H3. The molecule has 1 saturated heterocycles. The summed E-state index contributed by atoms with van der Waals surface area (Å²) in [6.07, 6.45) is 1.42. The number of aryl methyl sites for hydroxylation is 1. The molecule has 1 unspecified atom stereocenters. The first kappa shape index (κ1) is 26.4. The number of nitrogens with zero attached hydrogens (tertiary/aromatic N) is 2. The van der Waals surface area contributed by atoms with Crippen LogP contribution in [-0.4, -0.2) is 41.8 Å². The van der Waals surface area contributed by atoms with Crippen molar-refractivity contribution in [2.75, 3.05) is 20.1 Å². The van der Waals surface area contributed by atoms with Crippen molar-refractivity contribution < 1.29 is 18.7 Å². The summed E-state index contributed by atoms with van der Waals surface area (Å²) in [5.41, 5.74) is 2.31. The molecule has 0 spiro atoms. The van der Waals surface area contributed by atoms with Gasteiger partial charge in [-0.2, -0.15) is 0 Å². The normalized spacial score (nSPS) is 15.5. The number of rotatable bonds is 6. The maximum atomic E-state index is 13.9. The van der Waals surface area contributed by atoms with Crippen LogP contribution in [0.2, 0.25) is 0 Å². The number of halogens is 3. The van der Waals surface area contributed by atoms with Gasteiger partial charge in [0.15, 0.2) is 0 Å². The minimum Gasteiger partial charge on any atom is -0.457 e. The van der Waals surface area contributed by atoms with E-state index < -0.39 is 5.82 Å². The van der Waals surface area contributed by atoms with E-state index in [0.29, 0.717) is 36.3 Å². The molecule has 188 valence electrons. The molecular formula is C28H27Br2FN2O3. The fraction of sp³-hybridized carbons (Fsp3) is 0.286. The van der Waals surface area contributed by atoms with Crippen LogP contribution in [-0.2, 0) is 11.3 Å². The maximum Gasteiger partial charge on any atom is 0.253 e. The minimum absolute atomic E-state index is 0.0290. The van der Waals surface area contributed by atoms with Crippen molar-refractivity contribution in [2.24, 2.45) is 5.92 Å². The Hall–Kier alpha value is -2.71. The average Bonchev–Trinajstić information content (AvgIpc) is 2.87. The van der Waals surface area contributed by atoms with Crippen molar-refractivity contribution >= 4 is 43.7 Å². The monoisotopic (exact) mass is 616 g/mol. The highest BCUT2D eigenvalue weighted by atomic mass is 79.9. The van der Waals surface area contributed by atoms with Crippen LogP contribution < -0.4 is 4.74 Å². The van der Waals surface area contributed by atoms with E-state index in [9.17, 15) is 14.0 Å². The van der Waals surface area contributed by atoms with Crippen LogP contribution in [0.4, 0.5) is 4.39 Å². The second-order valence-electron chi connectivity index (χ2n) is 9.08. The predicted octanol–water partition coefficient (Wildman–Crippen LogP) is 6.96. The molecule has 1 fully saturated rings. The Morgan fingerprint density at radius 2 is 1.83 bits per heavy atom. The number of carbonyl (C=O) groups excluding carboxylic acids is 2. The molecule has 0 saturated carbocycles. The first-order valence-electron chi connectivity index (χ1n) is 11.7. The lowest BCUT2D eigenvalue weighted by atomic mass is 9.95. The molecule has 1 aliphatic heterocycles. The number of hydrogen-bond acceptors (Lipinski definition) is 3. The number of benzene rings is 3. The van der Waals surface area contributed by atoms with Crippen LogP contribution >= 0.6 is 31.9 Å². The van der Waals surface area contributed by atoms with E-state index in [2.05, 4.69) is 31.9 Å². The SMILES string of the molecule is Cc1ccc(Oc2cc(Br)ccc2CN(C)C(=O)C2CCCN(C(=O)c3ccc(Br)c(F)c3)C2)cc1. The summed E-state index contributed by atoms with van der Waals surface area (Å²) in [4.78, 5) is 29.6. The van der Waals surface area contributed by atoms with E-state index in [1.54, 1.807) is 22.9 Å². The van der Waals surface area contributed by atoms with Crippen molar-refractivity contribution in [1.82, 2.24) is 9.80 Å². The summed E-state index contributed by atoms with van der Waals surface area (Å²) in [7, 11) is 1.77. The van der Waals surface area contributed by atoms with Gasteiger partial charge in [-0.05, 0) is 78.2 Å². The van der Waals surface area contributed by atoms with Gasteiger partial charge in [-0.3, -0.25) is 9.59 Å². The molecule has 36 heavy (non-hydrogen) atoms. The van der Waals surface area contributed by atoms with Gasteiger partial charge >= 0.3 is 0 Å². The third-order valence-corrected chi connectivity index (χ3v) is 7.42. The van der Waals surface area contributed by atoms with Crippen molar-refractivity contribution in [3.05, 3.63) is 92.1 Å². The van der Waals surface area contributed by atoms with E-state index in [4.69, 9.17) is 4.74 Å². The lowest BCUT2D eigenvalue weighted by Gasteiger charge is -2.34. The molecule has 1 heterocycles. The third-order valence-electron chi connectivity index (χ3n) is 6.29. The lowest BCUT2D eigenvalue weighted by Crippen LogP contribution is -2.45. The van der Waals surface area contributed by atoms with Crippen LogP contribution in [0.15, 0.2) is 69.6 Å². The summed E-state index contributed by atoms with van der Waals surface area (Å²) in [5.74, 6) is 0.306. The highest BCUT2D eigenvalue weighted by Crippen LogP contribution is 2.30. The molecule has 1 aliphatic rings. The molecule has 8 heteroatoms. The van der Waals surface area contributed by atoms with Gasteiger partial charge in [0.25, 0.3) is 5.91 Å². The van der Waals surface area contributed by atoms with Crippen molar-refractivity contribution in [2.45, 2.75) is 26.3 Å². The summed E-state index contributed by atoms with van der Waals surface area (Å²) >= 11 is 6.62. The second kappa shape index (κ2) is 11.6. The number of piperidine rings is 1. The summed E-state index contributed by atoms with van der Waals surface area (Å²) in [6.45, 7) is 3.25. The largest absolute Gasteiger partial charge is 0.457 e. The number of hydrogen-bond donors (Lipinski definition) is 0. The minimum atomic E-state index is -0.483. The molecule has 2 amide bonds. The Bertz CT molecular complexity index is 1270. The fourth-order valence-corrected chi connectivity index (χ4v) is 4.89. The van der Waals surface area contributed by atoms with E-state index in [-0.39, 0.29) is 23.3 Å². The summed E-state index contributed by atoms with van der Waals surface area (Å²) in [5, 5.41) is 0. The van der Waals surface area contributed by atoms with E-state index in [0.717, 1.165) is 27.8 Å². The van der Waals surface area contributed by atoms with Gasteiger partial charge in [0, 0.05) is 42.3 Å². The third kappa shape index (κ3) is 6.34. The van der Waals surface area contributed by atoms with Gasteiger partial charge in [0.1, 0.15) is 17.3 Å². The molecule has 0 aromatic heterocycles. The van der Waals surface area contributed by atoms with Gasteiger partial charge in [0.05, 0.1) is 10.4 Å². The van der Waals surface area contributed by atoms with E-state index in [1.807, 2.05) is 49.4 Å². The highest BCUT2D eigenvalue weighted by molar-refractivity contribution is 9.10. The molecular weight excluding hydrogens is 591 g/mol. The second-order valence-corrected chi connectivity index (χ2v) is 10.9. The molecule has 0 bridgehead atoms. The summed E-state index contributed by atoms with van der Waals surface area (Å²) in [6, 6.07) is 17.9. The van der Waals surface area contributed by atoms with Gasteiger partial charge in [-0.1, -0.05) is 39.7 Å². The zero-order chi connectivity index (χ0) is 25.8. The van der Waals surface area contributed by atoms with Crippen LogP contribution in [0.25, 0.3) is 0 Å². The molecule has 1 atom stereocenters. The first-order valence-corrected chi connectivity index (χ1v) is 13.3. The van der Waals surface area contributed by atoms with Crippen LogP contribution in [0.5, 0.6) is 11.5 Å².